The topological polar surface area (TPSA) is 47.3 Å². The van der Waals surface area contributed by atoms with Gasteiger partial charge in [0.05, 0.1) is 25.6 Å². The van der Waals surface area contributed by atoms with E-state index in [0.29, 0.717) is 5.75 Å². The lowest BCUT2D eigenvalue weighted by Crippen LogP contribution is -2.15. The normalized spacial score (nSPS) is 11.6. The van der Waals surface area contributed by atoms with Gasteiger partial charge in [0.1, 0.15) is 5.75 Å². The molecule has 0 aliphatic heterocycles. The van der Waals surface area contributed by atoms with Gasteiger partial charge in [0.2, 0.25) is 0 Å². The van der Waals surface area contributed by atoms with Crippen LogP contribution in [0.15, 0.2) is 30.5 Å². The number of aromatic nitrogens is 2. The molecule has 2 rings (SSSR count). The van der Waals surface area contributed by atoms with Crippen LogP contribution >= 0.6 is 0 Å². The van der Waals surface area contributed by atoms with Crippen LogP contribution in [0.3, 0.4) is 0 Å². The molecule has 0 aliphatic carbocycles. The highest BCUT2D eigenvalue weighted by Gasteiger charge is 2.38. The predicted molar refractivity (Wildman–Crippen MR) is 61.0 cm³/mol. The van der Waals surface area contributed by atoms with Crippen LogP contribution in [-0.2, 0) is 12.8 Å². The first kappa shape index (κ1) is 13.4. The molecule has 2 aromatic rings. The highest BCUT2D eigenvalue weighted by atomic mass is 19.4. The van der Waals surface area contributed by atoms with E-state index in [1.807, 2.05) is 0 Å². The molecule has 0 saturated carbocycles. The molecular formula is C12H11F3N2O2. The van der Waals surface area contributed by atoms with Gasteiger partial charge in [-0.3, -0.25) is 0 Å². The third-order valence-corrected chi connectivity index (χ3v) is 2.58. The molecule has 1 aromatic heterocycles. The van der Waals surface area contributed by atoms with Crippen LogP contribution in [0, 0.1) is 0 Å². The van der Waals surface area contributed by atoms with E-state index >= 15 is 0 Å². The number of halogens is 3. The fourth-order valence-electron chi connectivity index (χ4n) is 1.74. The monoisotopic (exact) mass is 272 g/mol. The zero-order valence-corrected chi connectivity index (χ0v) is 9.98. The van der Waals surface area contributed by atoms with Gasteiger partial charge in [-0.25, -0.2) is 4.68 Å². The summed E-state index contributed by atoms with van der Waals surface area (Å²) in [4.78, 5) is 0. The molecule has 7 heteroatoms. The van der Waals surface area contributed by atoms with Gasteiger partial charge in [-0.2, -0.15) is 18.3 Å². The number of hydrogen-bond donors (Lipinski definition) is 1. The minimum Gasteiger partial charge on any atom is -0.497 e. The maximum absolute atomic E-state index is 13.0. The fourth-order valence-corrected chi connectivity index (χ4v) is 1.74. The molecule has 4 nitrogen and oxygen atoms in total. The second-order valence-electron chi connectivity index (χ2n) is 3.79. The average molecular weight is 272 g/mol. The zero-order valence-electron chi connectivity index (χ0n) is 9.98. The number of benzene rings is 1. The van der Waals surface area contributed by atoms with Crippen molar-refractivity contribution < 1.29 is 23.0 Å². The van der Waals surface area contributed by atoms with Crippen molar-refractivity contribution in [2.45, 2.75) is 12.8 Å². The van der Waals surface area contributed by atoms with Gasteiger partial charge in [-0.1, -0.05) is 6.07 Å². The summed E-state index contributed by atoms with van der Waals surface area (Å²) in [5.41, 5.74) is -1.04. The van der Waals surface area contributed by atoms with Crippen molar-refractivity contribution in [1.82, 2.24) is 9.78 Å². The van der Waals surface area contributed by atoms with E-state index < -0.39 is 18.5 Å². The molecule has 0 fully saturated rings. The molecule has 0 unspecified atom stereocenters. The SMILES string of the molecule is COc1cccc(-n2ncc(CO)c2C(F)(F)F)c1. The predicted octanol–water partition coefficient (Wildman–Crippen LogP) is 2.39. The molecular weight excluding hydrogens is 261 g/mol. The highest BCUT2D eigenvalue weighted by molar-refractivity contribution is 5.41. The van der Waals surface area contributed by atoms with Crippen molar-refractivity contribution in [2.75, 3.05) is 7.11 Å². The third kappa shape index (κ3) is 2.55. The molecule has 0 spiro atoms. The first-order valence-electron chi connectivity index (χ1n) is 5.36. The second-order valence-corrected chi connectivity index (χ2v) is 3.79. The van der Waals surface area contributed by atoms with Crippen molar-refractivity contribution in [3.05, 3.63) is 41.7 Å². The van der Waals surface area contributed by atoms with Gasteiger partial charge in [-0.05, 0) is 12.1 Å². The molecule has 19 heavy (non-hydrogen) atoms. The van der Waals surface area contributed by atoms with Crippen molar-refractivity contribution in [1.29, 1.82) is 0 Å². The number of rotatable bonds is 3. The number of methoxy groups -OCH3 is 1. The quantitative estimate of drug-likeness (QED) is 0.933. The van der Waals surface area contributed by atoms with Crippen LogP contribution in [0.25, 0.3) is 5.69 Å². The van der Waals surface area contributed by atoms with Gasteiger partial charge in [0, 0.05) is 11.6 Å². The first-order valence-corrected chi connectivity index (χ1v) is 5.36. The summed E-state index contributed by atoms with van der Waals surface area (Å²) in [6.07, 6.45) is -3.60. The van der Waals surface area contributed by atoms with Gasteiger partial charge in [0.15, 0.2) is 5.69 Å². The summed E-state index contributed by atoms with van der Waals surface area (Å²) < 4.78 is 44.7. The van der Waals surface area contributed by atoms with Gasteiger partial charge in [-0.15, -0.1) is 0 Å². The molecule has 102 valence electrons. The van der Waals surface area contributed by atoms with Crippen LogP contribution in [0.4, 0.5) is 13.2 Å². The fraction of sp³-hybridized carbons (Fsp3) is 0.250. The van der Waals surface area contributed by atoms with Crippen LogP contribution in [-0.4, -0.2) is 22.0 Å². The Hall–Kier alpha value is -2.02. The Morgan fingerprint density at radius 3 is 2.68 bits per heavy atom. The Kier molecular flexibility index (Phi) is 3.48. The maximum Gasteiger partial charge on any atom is 0.433 e. The van der Waals surface area contributed by atoms with Crippen molar-refractivity contribution in [3.8, 4) is 11.4 Å². The smallest absolute Gasteiger partial charge is 0.433 e. The first-order chi connectivity index (χ1) is 8.97. The van der Waals surface area contributed by atoms with E-state index in [2.05, 4.69) is 5.10 Å². The zero-order chi connectivity index (χ0) is 14.0. The third-order valence-electron chi connectivity index (χ3n) is 2.58. The second kappa shape index (κ2) is 4.93. The van der Waals surface area contributed by atoms with Crippen LogP contribution in [0.5, 0.6) is 5.75 Å². The lowest BCUT2D eigenvalue weighted by Gasteiger charge is -2.12. The number of hydrogen-bond acceptors (Lipinski definition) is 3. The number of ether oxygens (including phenoxy) is 1. The lowest BCUT2D eigenvalue weighted by atomic mass is 10.2. The van der Waals surface area contributed by atoms with Gasteiger partial charge < -0.3 is 9.84 Å². The molecule has 0 atom stereocenters. The largest absolute Gasteiger partial charge is 0.497 e. The Morgan fingerprint density at radius 2 is 2.11 bits per heavy atom. The number of alkyl halides is 3. The molecule has 0 amide bonds. The van der Waals surface area contributed by atoms with E-state index in [1.54, 1.807) is 12.1 Å². The van der Waals surface area contributed by atoms with Crippen LogP contribution < -0.4 is 4.74 Å². The van der Waals surface area contributed by atoms with Crippen molar-refractivity contribution >= 4 is 0 Å². The summed E-state index contributed by atoms with van der Waals surface area (Å²) in [6.45, 7) is -0.723. The summed E-state index contributed by atoms with van der Waals surface area (Å²) in [5, 5.41) is 12.6. The van der Waals surface area contributed by atoms with E-state index in [4.69, 9.17) is 9.84 Å². The summed E-state index contributed by atoms with van der Waals surface area (Å²) in [6, 6.07) is 6.09. The molecule has 0 bridgehead atoms. The highest BCUT2D eigenvalue weighted by Crippen LogP contribution is 2.34. The number of aliphatic hydroxyl groups is 1. The lowest BCUT2D eigenvalue weighted by molar-refractivity contribution is -0.143. The van der Waals surface area contributed by atoms with Crippen molar-refractivity contribution in [2.24, 2.45) is 0 Å². The summed E-state index contributed by atoms with van der Waals surface area (Å²) in [7, 11) is 1.42. The Morgan fingerprint density at radius 1 is 1.37 bits per heavy atom. The molecule has 0 aliphatic rings. The van der Waals surface area contributed by atoms with Crippen molar-refractivity contribution in [3.63, 3.8) is 0 Å². The van der Waals surface area contributed by atoms with E-state index in [1.165, 1.54) is 19.2 Å². The van der Waals surface area contributed by atoms with Crippen LogP contribution in [0.1, 0.15) is 11.3 Å². The summed E-state index contributed by atoms with van der Waals surface area (Å²) >= 11 is 0. The van der Waals surface area contributed by atoms with E-state index in [0.717, 1.165) is 10.9 Å². The molecule has 1 heterocycles. The van der Waals surface area contributed by atoms with E-state index in [-0.39, 0.29) is 11.3 Å². The molecule has 0 radical (unpaired) electrons. The minimum atomic E-state index is -4.60. The van der Waals surface area contributed by atoms with Gasteiger partial charge >= 0.3 is 6.18 Å². The summed E-state index contributed by atoms with van der Waals surface area (Å²) in [5.74, 6) is 0.423. The molecule has 1 aromatic carbocycles. The number of nitrogens with zero attached hydrogens (tertiary/aromatic N) is 2. The van der Waals surface area contributed by atoms with Gasteiger partial charge in [0.25, 0.3) is 0 Å². The Bertz CT molecular complexity index is 579. The average Bonchev–Trinajstić information content (AvgIpc) is 2.82. The standard InChI is InChI=1S/C12H11F3N2O2/c1-19-10-4-2-3-9(5-10)17-11(12(13,14)15)8(7-18)6-16-17/h2-6,18H,7H2,1H3. The van der Waals surface area contributed by atoms with Crippen LogP contribution in [0.2, 0.25) is 0 Å². The Balaban J connectivity index is 2.59. The number of aliphatic hydroxyl groups excluding tert-OH is 1. The molecule has 1 N–H and O–H groups in total. The van der Waals surface area contributed by atoms with E-state index in [9.17, 15) is 13.2 Å². The Labute approximate surface area is 107 Å². The maximum atomic E-state index is 13.0. The molecule has 0 saturated heterocycles. The minimum absolute atomic E-state index is 0.214.